The second-order valence-corrected chi connectivity index (χ2v) is 3.15. The van der Waals surface area contributed by atoms with Gasteiger partial charge in [0.2, 0.25) is 0 Å². The molecular formula is C9H17N3O. The predicted molar refractivity (Wildman–Crippen MR) is 51.5 cm³/mol. The number of nitrogens with zero attached hydrogens (tertiary/aromatic N) is 2. The highest BCUT2D eigenvalue weighted by Gasteiger charge is 2.02. The Morgan fingerprint density at radius 3 is 3.08 bits per heavy atom. The maximum atomic E-state index is 5.42. The van der Waals surface area contributed by atoms with Gasteiger partial charge in [-0.2, -0.15) is 0 Å². The quantitative estimate of drug-likeness (QED) is 0.719. The van der Waals surface area contributed by atoms with Gasteiger partial charge in [-0.05, 0) is 13.5 Å². The lowest BCUT2D eigenvalue weighted by atomic mass is 10.3. The molecule has 2 N–H and O–H groups in total. The van der Waals surface area contributed by atoms with E-state index in [-0.39, 0.29) is 6.10 Å². The van der Waals surface area contributed by atoms with Gasteiger partial charge < -0.3 is 15.0 Å². The van der Waals surface area contributed by atoms with Crippen molar-refractivity contribution in [2.24, 2.45) is 5.73 Å². The monoisotopic (exact) mass is 183 g/mol. The van der Waals surface area contributed by atoms with Crippen LogP contribution in [0.15, 0.2) is 12.5 Å². The van der Waals surface area contributed by atoms with E-state index in [1.165, 1.54) is 0 Å². The van der Waals surface area contributed by atoms with Crippen LogP contribution < -0.4 is 5.73 Å². The molecule has 0 saturated carbocycles. The first-order valence-electron chi connectivity index (χ1n) is 4.49. The number of nitrogens with two attached hydrogens (primary N) is 1. The molecule has 0 bridgehead atoms. The molecule has 1 aromatic rings. The van der Waals surface area contributed by atoms with Gasteiger partial charge in [0.05, 0.1) is 18.1 Å². The van der Waals surface area contributed by atoms with Crippen molar-refractivity contribution in [2.75, 3.05) is 13.7 Å². The lowest BCUT2D eigenvalue weighted by molar-refractivity contribution is 0.103. The second kappa shape index (κ2) is 4.99. The number of methoxy groups -OCH3 is 1. The van der Waals surface area contributed by atoms with E-state index in [2.05, 4.69) is 4.98 Å². The van der Waals surface area contributed by atoms with E-state index < -0.39 is 0 Å². The van der Waals surface area contributed by atoms with E-state index in [9.17, 15) is 0 Å². The van der Waals surface area contributed by atoms with Crippen LogP contribution >= 0.6 is 0 Å². The number of imidazole rings is 1. The topological polar surface area (TPSA) is 53.1 Å². The van der Waals surface area contributed by atoms with Crippen molar-refractivity contribution in [3.8, 4) is 0 Å². The summed E-state index contributed by atoms with van der Waals surface area (Å²) in [6.07, 6.45) is 4.90. The third kappa shape index (κ3) is 3.16. The highest BCUT2D eigenvalue weighted by molar-refractivity contribution is 4.97. The van der Waals surface area contributed by atoms with Crippen molar-refractivity contribution in [3.05, 3.63) is 18.2 Å². The van der Waals surface area contributed by atoms with E-state index in [1.807, 2.05) is 24.0 Å². The third-order valence-electron chi connectivity index (χ3n) is 1.96. The van der Waals surface area contributed by atoms with Crippen molar-refractivity contribution in [1.82, 2.24) is 9.55 Å². The Morgan fingerprint density at radius 2 is 2.46 bits per heavy atom. The maximum Gasteiger partial charge on any atom is 0.0950 e. The molecule has 0 amide bonds. The fraction of sp³-hybridized carbons (Fsp3) is 0.667. The normalized spacial score (nSPS) is 13.2. The van der Waals surface area contributed by atoms with Gasteiger partial charge in [-0.3, -0.25) is 0 Å². The molecule has 74 valence electrons. The molecule has 0 aromatic carbocycles. The van der Waals surface area contributed by atoms with Crippen LogP contribution in [0.1, 0.15) is 12.6 Å². The molecule has 1 rings (SSSR count). The molecule has 4 heteroatoms. The Labute approximate surface area is 78.7 Å². The summed E-state index contributed by atoms with van der Waals surface area (Å²) in [4.78, 5) is 4.22. The summed E-state index contributed by atoms with van der Waals surface area (Å²) in [6, 6.07) is 0. The molecule has 0 aliphatic carbocycles. The van der Waals surface area contributed by atoms with Crippen molar-refractivity contribution in [1.29, 1.82) is 0 Å². The van der Waals surface area contributed by atoms with Gasteiger partial charge in [-0.1, -0.05) is 0 Å². The molecule has 0 radical (unpaired) electrons. The van der Waals surface area contributed by atoms with Crippen LogP contribution in [0.25, 0.3) is 0 Å². The average Bonchev–Trinajstić information content (AvgIpc) is 2.53. The molecular weight excluding hydrogens is 166 g/mol. The van der Waals surface area contributed by atoms with Crippen LogP contribution in [0.3, 0.4) is 0 Å². The SMILES string of the molecule is COC(C)Cn1cnc(CCN)c1. The van der Waals surface area contributed by atoms with Crippen molar-refractivity contribution >= 4 is 0 Å². The highest BCUT2D eigenvalue weighted by Crippen LogP contribution is 1.99. The van der Waals surface area contributed by atoms with Gasteiger partial charge in [0.1, 0.15) is 0 Å². The summed E-state index contributed by atoms with van der Waals surface area (Å²) in [6.45, 7) is 3.52. The number of hydrogen-bond donors (Lipinski definition) is 1. The second-order valence-electron chi connectivity index (χ2n) is 3.15. The van der Waals surface area contributed by atoms with E-state index in [0.29, 0.717) is 6.54 Å². The minimum atomic E-state index is 0.222. The molecule has 0 aliphatic heterocycles. The highest BCUT2D eigenvalue weighted by atomic mass is 16.5. The Morgan fingerprint density at radius 1 is 1.69 bits per heavy atom. The lowest BCUT2D eigenvalue weighted by Crippen LogP contribution is -2.13. The van der Waals surface area contributed by atoms with Gasteiger partial charge in [0, 0.05) is 26.3 Å². The number of hydrogen-bond acceptors (Lipinski definition) is 3. The van der Waals surface area contributed by atoms with Crippen LogP contribution in [-0.2, 0) is 17.7 Å². The molecule has 1 heterocycles. The molecule has 1 unspecified atom stereocenters. The summed E-state index contributed by atoms with van der Waals surface area (Å²) >= 11 is 0. The zero-order chi connectivity index (χ0) is 9.68. The van der Waals surface area contributed by atoms with E-state index >= 15 is 0 Å². The van der Waals surface area contributed by atoms with Crippen LogP contribution in [0.4, 0.5) is 0 Å². The fourth-order valence-corrected chi connectivity index (χ4v) is 1.15. The van der Waals surface area contributed by atoms with Crippen molar-refractivity contribution in [2.45, 2.75) is 26.0 Å². The zero-order valence-electron chi connectivity index (χ0n) is 8.23. The largest absolute Gasteiger partial charge is 0.380 e. The van der Waals surface area contributed by atoms with Crippen LogP contribution in [0.2, 0.25) is 0 Å². The molecule has 0 fully saturated rings. The standard InChI is InChI=1S/C9H17N3O/c1-8(13-2)5-12-6-9(3-4-10)11-7-12/h6-8H,3-5,10H2,1-2H3. The van der Waals surface area contributed by atoms with Crippen molar-refractivity contribution in [3.63, 3.8) is 0 Å². The Bertz CT molecular complexity index is 247. The predicted octanol–water partition coefficient (Wildman–Crippen LogP) is 0.419. The summed E-state index contributed by atoms with van der Waals surface area (Å²) in [5, 5.41) is 0. The maximum absolute atomic E-state index is 5.42. The fourth-order valence-electron chi connectivity index (χ4n) is 1.15. The summed E-state index contributed by atoms with van der Waals surface area (Å²) in [5.41, 5.74) is 6.47. The lowest BCUT2D eigenvalue weighted by Gasteiger charge is -2.08. The number of ether oxygens (including phenoxy) is 1. The first-order chi connectivity index (χ1) is 6.26. The van der Waals surface area contributed by atoms with Gasteiger partial charge >= 0.3 is 0 Å². The van der Waals surface area contributed by atoms with Crippen molar-refractivity contribution < 1.29 is 4.74 Å². The number of rotatable bonds is 5. The van der Waals surface area contributed by atoms with E-state index in [1.54, 1.807) is 7.11 Å². The molecule has 0 spiro atoms. The minimum Gasteiger partial charge on any atom is -0.380 e. The molecule has 13 heavy (non-hydrogen) atoms. The molecule has 1 aromatic heterocycles. The Balaban J connectivity index is 2.48. The van der Waals surface area contributed by atoms with Crippen LogP contribution in [0, 0.1) is 0 Å². The smallest absolute Gasteiger partial charge is 0.0950 e. The first-order valence-corrected chi connectivity index (χ1v) is 4.49. The van der Waals surface area contributed by atoms with Gasteiger partial charge in [-0.25, -0.2) is 4.98 Å². The third-order valence-corrected chi connectivity index (χ3v) is 1.96. The first kappa shape index (κ1) is 10.2. The summed E-state index contributed by atoms with van der Waals surface area (Å²) in [7, 11) is 1.71. The average molecular weight is 183 g/mol. The summed E-state index contributed by atoms with van der Waals surface area (Å²) < 4.78 is 7.18. The Kier molecular flexibility index (Phi) is 3.92. The van der Waals surface area contributed by atoms with Gasteiger partial charge in [0.15, 0.2) is 0 Å². The van der Waals surface area contributed by atoms with Gasteiger partial charge in [-0.15, -0.1) is 0 Å². The van der Waals surface area contributed by atoms with E-state index in [0.717, 1.165) is 18.7 Å². The molecule has 0 aliphatic rings. The zero-order valence-corrected chi connectivity index (χ0v) is 8.23. The molecule has 4 nitrogen and oxygen atoms in total. The van der Waals surface area contributed by atoms with Crippen LogP contribution in [0.5, 0.6) is 0 Å². The number of aromatic nitrogens is 2. The minimum absolute atomic E-state index is 0.222. The molecule has 1 atom stereocenters. The Hall–Kier alpha value is -0.870. The van der Waals surface area contributed by atoms with Crippen LogP contribution in [-0.4, -0.2) is 29.3 Å². The summed E-state index contributed by atoms with van der Waals surface area (Å²) in [5.74, 6) is 0. The molecule has 0 saturated heterocycles. The van der Waals surface area contributed by atoms with Gasteiger partial charge in [0.25, 0.3) is 0 Å². The van der Waals surface area contributed by atoms with E-state index in [4.69, 9.17) is 10.5 Å².